The zero-order valence-electron chi connectivity index (χ0n) is 11.3. The minimum Gasteiger partial charge on any atom is -0.356 e. The Labute approximate surface area is 119 Å². The minimum atomic E-state index is 0.785. The standard InChI is InChI=1S/C15H20ClN3/c1-2-3-9-17-15-18-10-12-19(15)11-8-13-4-6-14(16)7-5-13/h4-7,10,12H,2-3,8-9,11H2,1H3,(H,17,18). The summed E-state index contributed by atoms with van der Waals surface area (Å²) in [7, 11) is 0. The van der Waals surface area contributed by atoms with Crippen molar-refractivity contribution < 1.29 is 0 Å². The molecule has 0 spiro atoms. The van der Waals surface area contributed by atoms with Crippen LogP contribution in [0.15, 0.2) is 36.7 Å². The Balaban J connectivity index is 1.88. The fraction of sp³-hybridized carbons (Fsp3) is 0.400. The SMILES string of the molecule is CCCCNc1nccn1CCc1ccc(Cl)cc1. The first-order chi connectivity index (χ1) is 9.29. The molecule has 0 saturated heterocycles. The van der Waals surface area contributed by atoms with Crippen LogP contribution in [0.5, 0.6) is 0 Å². The van der Waals surface area contributed by atoms with E-state index in [1.165, 1.54) is 18.4 Å². The minimum absolute atomic E-state index is 0.785. The molecule has 1 aromatic heterocycles. The van der Waals surface area contributed by atoms with E-state index in [0.717, 1.165) is 30.5 Å². The van der Waals surface area contributed by atoms with Gasteiger partial charge in [-0.05, 0) is 30.5 Å². The molecule has 0 radical (unpaired) electrons. The number of hydrogen-bond donors (Lipinski definition) is 1. The number of imidazole rings is 1. The topological polar surface area (TPSA) is 29.9 Å². The van der Waals surface area contributed by atoms with E-state index in [9.17, 15) is 0 Å². The van der Waals surface area contributed by atoms with E-state index in [1.54, 1.807) is 0 Å². The highest BCUT2D eigenvalue weighted by molar-refractivity contribution is 6.30. The van der Waals surface area contributed by atoms with Crippen LogP contribution in [-0.4, -0.2) is 16.1 Å². The highest BCUT2D eigenvalue weighted by atomic mass is 35.5. The molecule has 1 heterocycles. The van der Waals surface area contributed by atoms with Gasteiger partial charge in [0.1, 0.15) is 0 Å². The predicted octanol–water partition coefficient (Wildman–Crippen LogP) is 3.99. The number of aryl methyl sites for hydroxylation is 2. The Morgan fingerprint density at radius 3 is 2.79 bits per heavy atom. The molecular formula is C15H20ClN3. The molecule has 0 aliphatic heterocycles. The average molecular weight is 278 g/mol. The highest BCUT2D eigenvalue weighted by Gasteiger charge is 2.02. The van der Waals surface area contributed by atoms with Gasteiger partial charge in [0.05, 0.1) is 0 Å². The molecular weight excluding hydrogens is 258 g/mol. The van der Waals surface area contributed by atoms with Crippen LogP contribution in [0, 0.1) is 0 Å². The maximum atomic E-state index is 5.88. The first-order valence-corrected chi connectivity index (χ1v) is 7.17. The van der Waals surface area contributed by atoms with Crippen LogP contribution in [0.25, 0.3) is 0 Å². The largest absolute Gasteiger partial charge is 0.356 e. The third-order valence-electron chi connectivity index (χ3n) is 3.08. The van der Waals surface area contributed by atoms with Crippen molar-refractivity contribution in [1.29, 1.82) is 0 Å². The second kappa shape index (κ2) is 7.19. The quantitative estimate of drug-likeness (QED) is 0.776. The first kappa shape index (κ1) is 13.9. The lowest BCUT2D eigenvalue weighted by Crippen LogP contribution is -2.09. The van der Waals surface area contributed by atoms with E-state index in [2.05, 4.69) is 33.9 Å². The normalized spacial score (nSPS) is 10.6. The van der Waals surface area contributed by atoms with Crippen LogP contribution < -0.4 is 5.32 Å². The van der Waals surface area contributed by atoms with E-state index >= 15 is 0 Å². The van der Waals surface area contributed by atoms with Crippen molar-refractivity contribution in [2.24, 2.45) is 0 Å². The number of anilines is 1. The summed E-state index contributed by atoms with van der Waals surface area (Å²) in [4.78, 5) is 4.35. The van der Waals surface area contributed by atoms with E-state index < -0.39 is 0 Å². The van der Waals surface area contributed by atoms with Gasteiger partial charge in [-0.15, -0.1) is 0 Å². The molecule has 2 aromatic rings. The van der Waals surface area contributed by atoms with Crippen LogP contribution in [0.3, 0.4) is 0 Å². The molecule has 0 aliphatic carbocycles. The third-order valence-corrected chi connectivity index (χ3v) is 3.34. The summed E-state index contributed by atoms with van der Waals surface area (Å²) in [5.74, 6) is 0.961. The molecule has 0 amide bonds. The fourth-order valence-corrected chi connectivity index (χ4v) is 2.06. The molecule has 2 rings (SSSR count). The molecule has 0 aliphatic rings. The Hall–Kier alpha value is -1.48. The molecule has 3 nitrogen and oxygen atoms in total. The fourth-order valence-electron chi connectivity index (χ4n) is 1.93. The number of aromatic nitrogens is 2. The van der Waals surface area contributed by atoms with Crippen molar-refractivity contribution in [3.05, 3.63) is 47.2 Å². The first-order valence-electron chi connectivity index (χ1n) is 6.79. The summed E-state index contributed by atoms with van der Waals surface area (Å²) in [6, 6.07) is 8.02. The van der Waals surface area contributed by atoms with Gasteiger partial charge in [-0.1, -0.05) is 37.1 Å². The van der Waals surface area contributed by atoms with Gasteiger partial charge < -0.3 is 9.88 Å². The van der Waals surface area contributed by atoms with Gasteiger partial charge in [0, 0.05) is 30.5 Å². The summed E-state index contributed by atoms with van der Waals surface area (Å²) in [6.07, 6.45) is 7.21. The van der Waals surface area contributed by atoms with E-state index in [4.69, 9.17) is 11.6 Å². The summed E-state index contributed by atoms with van der Waals surface area (Å²) >= 11 is 5.88. The second-order valence-electron chi connectivity index (χ2n) is 4.60. The van der Waals surface area contributed by atoms with Crippen molar-refractivity contribution in [3.8, 4) is 0 Å². The predicted molar refractivity (Wildman–Crippen MR) is 80.8 cm³/mol. The summed E-state index contributed by atoms with van der Waals surface area (Å²) < 4.78 is 2.16. The maximum Gasteiger partial charge on any atom is 0.202 e. The molecule has 0 bridgehead atoms. The Bertz CT molecular complexity index is 490. The maximum absolute atomic E-state index is 5.88. The highest BCUT2D eigenvalue weighted by Crippen LogP contribution is 2.12. The smallest absolute Gasteiger partial charge is 0.202 e. The number of benzene rings is 1. The van der Waals surface area contributed by atoms with Gasteiger partial charge in [-0.25, -0.2) is 4.98 Å². The number of nitrogens with zero attached hydrogens (tertiary/aromatic N) is 2. The zero-order chi connectivity index (χ0) is 13.5. The van der Waals surface area contributed by atoms with Crippen LogP contribution in [0.1, 0.15) is 25.3 Å². The van der Waals surface area contributed by atoms with Crippen molar-refractivity contribution in [1.82, 2.24) is 9.55 Å². The van der Waals surface area contributed by atoms with Gasteiger partial charge in [0.25, 0.3) is 0 Å². The van der Waals surface area contributed by atoms with Crippen molar-refractivity contribution in [2.45, 2.75) is 32.7 Å². The summed E-state index contributed by atoms with van der Waals surface area (Å²) in [5, 5.41) is 4.16. The van der Waals surface area contributed by atoms with Gasteiger partial charge in [0.15, 0.2) is 0 Å². The molecule has 102 valence electrons. The van der Waals surface area contributed by atoms with E-state index in [0.29, 0.717) is 0 Å². The van der Waals surface area contributed by atoms with Crippen LogP contribution in [0.2, 0.25) is 5.02 Å². The van der Waals surface area contributed by atoms with Gasteiger partial charge in [-0.2, -0.15) is 0 Å². The second-order valence-corrected chi connectivity index (χ2v) is 5.04. The monoisotopic (exact) mass is 277 g/mol. The Morgan fingerprint density at radius 2 is 2.05 bits per heavy atom. The lowest BCUT2D eigenvalue weighted by Gasteiger charge is -2.09. The van der Waals surface area contributed by atoms with E-state index in [-0.39, 0.29) is 0 Å². The van der Waals surface area contributed by atoms with Crippen LogP contribution >= 0.6 is 11.6 Å². The van der Waals surface area contributed by atoms with E-state index in [1.807, 2.05) is 24.5 Å². The number of halogens is 1. The van der Waals surface area contributed by atoms with Crippen LogP contribution in [0.4, 0.5) is 5.95 Å². The molecule has 0 saturated carbocycles. The molecule has 1 aromatic carbocycles. The Kier molecular flexibility index (Phi) is 5.28. The van der Waals surface area contributed by atoms with Crippen molar-refractivity contribution in [2.75, 3.05) is 11.9 Å². The molecule has 0 unspecified atom stereocenters. The zero-order valence-corrected chi connectivity index (χ0v) is 12.0. The van der Waals surface area contributed by atoms with Gasteiger partial charge in [0.2, 0.25) is 5.95 Å². The molecule has 0 atom stereocenters. The number of hydrogen-bond acceptors (Lipinski definition) is 2. The Morgan fingerprint density at radius 1 is 1.26 bits per heavy atom. The van der Waals surface area contributed by atoms with Gasteiger partial charge >= 0.3 is 0 Å². The van der Waals surface area contributed by atoms with Crippen molar-refractivity contribution in [3.63, 3.8) is 0 Å². The third kappa shape index (κ3) is 4.28. The summed E-state index contributed by atoms with van der Waals surface area (Å²) in [5.41, 5.74) is 1.29. The molecule has 0 fully saturated rings. The average Bonchev–Trinajstić information content (AvgIpc) is 2.86. The lowest BCUT2D eigenvalue weighted by atomic mass is 10.1. The summed E-state index contributed by atoms with van der Waals surface area (Å²) in [6.45, 7) is 4.10. The van der Waals surface area contributed by atoms with Crippen LogP contribution in [-0.2, 0) is 13.0 Å². The molecule has 4 heteroatoms. The number of nitrogens with one attached hydrogen (secondary N) is 1. The lowest BCUT2D eigenvalue weighted by molar-refractivity contribution is 0.695. The molecule has 1 N–H and O–H groups in total. The van der Waals surface area contributed by atoms with Crippen molar-refractivity contribution >= 4 is 17.5 Å². The number of rotatable bonds is 7. The molecule has 19 heavy (non-hydrogen) atoms. The van der Waals surface area contributed by atoms with Gasteiger partial charge in [-0.3, -0.25) is 0 Å². The number of unbranched alkanes of at least 4 members (excludes halogenated alkanes) is 1.